The van der Waals surface area contributed by atoms with Gasteiger partial charge in [0.1, 0.15) is 6.33 Å². The number of rotatable bonds is 6. The van der Waals surface area contributed by atoms with Gasteiger partial charge in [0, 0.05) is 35.4 Å². The van der Waals surface area contributed by atoms with Crippen LogP contribution in [0.1, 0.15) is 38.4 Å². The predicted molar refractivity (Wildman–Crippen MR) is 122 cm³/mol. The second kappa shape index (κ2) is 8.92. The molecule has 0 fully saturated rings. The van der Waals surface area contributed by atoms with Crippen molar-refractivity contribution in [1.82, 2.24) is 34.9 Å². The third-order valence-corrected chi connectivity index (χ3v) is 5.96. The van der Waals surface area contributed by atoms with Crippen molar-refractivity contribution in [1.29, 1.82) is 0 Å². The molecule has 0 spiro atoms. The topological polar surface area (TPSA) is 81.7 Å². The van der Waals surface area contributed by atoms with Crippen molar-refractivity contribution in [2.24, 2.45) is 0 Å². The molecule has 2 aromatic carbocycles. The fraction of sp³-hybridized carbons (Fsp3) is 0.261. The van der Waals surface area contributed by atoms with Crippen LogP contribution in [0.4, 0.5) is 0 Å². The lowest BCUT2D eigenvalue weighted by Gasteiger charge is -2.18. The van der Waals surface area contributed by atoms with Gasteiger partial charge in [-0.2, -0.15) is 5.10 Å². The zero-order valence-electron chi connectivity index (χ0n) is 18.4. The highest BCUT2D eigenvalue weighted by molar-refractivity contribution is 6.31. The van der Waals surface area contributed by atoms with Gasteiger partial charge >= 0.3 is 0 Å². The van der Waals surface area contributed by atoms with E-state index >= 15 is 0 Å². The third-order valence-electron chi connectivity index (χ3n) is 5.59. The molecule has 0 saturated heterocycles. The van der Waals surface area contributed by atoms with E-state index in [-0.39, 0.29) is 5.91 Å². The molecule has 1 amide bonds. The van der Waals surface area contributed by atoms with Crippen LogP contribution < -0.4 is 0 Å². The first-order chi connectivity index (χ1) is 15.3. The second-order valence-electron chi connectivity index (χ2n) is 7.82. The molecule has 0 aliphatic rings. The molecule has 0 N–H and O–H groups in total. The van der Waals surface area contributed by atoms with Crippen LogP contribution in [-0.2, 0) is 13.1 Å². The number of aromatic nitrogens is 6. The first-order valence-electron chi connectivity index (χ1n) is 10.2. The lowest BCUT2D eigenvalue weighted by molar-refractivity contribution is 0.0784. The summed E-state index contributed by atoms with van der Waals surface area (Å²) in [4.78, 5) is 14.8. The molecule has 0 aliphatic heterocycles. The van der Waals surface area contributed by atoms with Gasteiger partial charge < -0.3 is 4.90 Å². The molecule has 0 aliphatic carbocycles. The Kier molecular flexibility index (Phi) is 6.05. The van der Waals surface area contributed by atoms with Gasteiger partial charge in [0.15, 0.2) is 0 Å². The normalized spacial score (nSPS) is 11.0. The van der Waals surface area contributed by atoms with Crippen molar-refractivity contribution in [3.8, 4) is 5.69 Å². The van der Waals surface area contributed by atoms with Gasteiger partial charge in [0.25, 0.3) is 5.91 Å². The van der Waals surface area contributed by atoms with Crippen molar-refractivity contribution < 1.29 is 4.79 Å². The molecule has 0 saturated carbocycles. The van der Waals surface area contributed by atoms with E-state index < -0.39 is 0 Å². The van der Waals surface area contributed by atoms with E-state index in [1.54, 1.807) is 22.7 Å². The van der Waals surface area contributed by atoms with Gasteiger partial charge in [-0.25, -0.2) is 4.68 Å². The molecule has 9 heteroatoms. The number of carbonyl (C=O) groups excluding carboxylic acids is 1. The number of hydrogen-bond acceptors (Lipinski definition) is 5. The maximum Gasteiger partial charge on any atom is 0.253 e. The van der Waals surface area contributed by atoms with Gasteiger partial charge in [0.05, 0.1) is 17.9 Å². The first kappa shape index (κ1) is 21.7. The van der Waals surface area contributed by atoms with Crippen LogP contribution in [0.3, 0.4) is 0 Å². The molecular weight excluding hydrogens is 426 g/mol. The standard InChI is InChI=1S/C23H24ClN7O/c1-15-11-18(9-10-22(15)31-14-25-27-28-31)23(32)29(4)13-20-16(2)26-30(17(20)3)12-19-7-5-6-8-21(19)24/h5-11,14H,12-13H2,1-4H3. The molecular formula is C23H24ClN7O. The largest absolute Gasteiger partial charge is 0.337 e. The summed E-state index contributed by atoms with van der Waals surface area (Å²) in [5.41, 5.74) is 6.33. The van der Waals surface area contributed by atoms with Crippen LogP contribution in [0.2, 0.25) is 5.02 Å². The average Bonchev–Trinajstić information content (AvgIpc) is 3.39. The maximum atomic E-state index is 13.1. The number of benzene rings is 2. The maximum absolute atomic E-state index is 13.1. The third kappa shape index (κ3) is 4.27. The van der Waals surface area contributed by atoms with E-state index in [1.807, 2.05) is 61.9 Å². The van der Waals surface area contributed by atoms with Gasteiger partial charge in [0.2, 0.25) is 0 Å². The highest BCUT2D eigenvalue weighted by atomic mass is 35.5. The summed E-state index contributed by atoms with van der Waals surface area (Å²) >= 11 is 6.32. The van der Waals surface area contributed by atoms with E-state index in [9.17, 15) is 4.79 Å². The second-order valence-corrected chi connectivity index (χ2v) is 8.22. The molecule has 2 aromatic heterocycles. The molecule has 0 radical (unpaired) electrons. The van der Waals surface area contributed by atoms with E-state index in [1.165, 1.54) is 6.33 Å². The average molecular weight is 450 g/mol. The minimum Gasteiger partial charge on any atom is -0.337 e. The van der Waals surface area contributed by atoms with Crippen molar-refractivity contribution in [2.75, 3.05) is 7.05 Å². The first-order valence-corrected chi connectivity index (χ1v) is 10.6. The number of carbonyl (C=O) groups is 1. The number of hydrogen-bond donors (Lipinski definition) is 0. The Morgan fingerprint density at radius 3 is 2.59 bits per heavy atom. The smallest absolute Gasteiger partial charge is 0.253 e. The van der Waals surface area contributed by atoms with E-state index in [0.717, 1.165) is 38.8 Å². The van der Waals surface area contributed by atoms with Crippen LogP contribution in [0.15, 0.2) is 48.8 Å². The summed E-state index contributed by atoms with van der Waals surface area (Å²) in [6.07, 6.45) is 1.53. The number of amides is 1. The number of halogens is 1. The lowest BCUT2D eigenvalue weighted by Crippen LogP contribution is -2.27. The fourth-order valence-corrected chi connectivity index (χ4v) is 3.95. The Morgan fingerprint density at radius 1 is 1.12 bits per heavy atom. The summed E-state index contributed by atoms with van der Waals surface area (Å²) in [5, 5.41) is 16.6. The Bertz CT molecular complexity index is 1260. The van der Waals surface area contributed by atoms with Crippen molar-refractivity contribution in [2.45, 2.75) is 33.9 Å². The monoisotopic (exact) mass is 449 g/mol. The molecule has 4 aromatic rings. The fourth-order valence-electron chi connectivity index (χ4n) is 3.75. The van der Waals surface area contributed by atoms with Crippen LogP contribution in [0, 0.1) is 20.8 Å². The molecule has 0 unspecified atom stereocenters. The van der Waals surface area contributed by atoms with Crippen molar-refractivity contribution in [3.05, 3.63) is 87.5 Å². The highest BCUT2D eigenvalue weighted by Gasteiger charge is 2.19. The van der Waals surface area contributed by atoms with Crippen molar-refractivity contribution >= 4 is 17.5 Å². The SMILES string of the molecule is Cc1cc(C(=O)N(C)Cc2c(C)nn(Cc3ccccc3Cl)c2C)ccc1-n1cnnn1. The van der Waals surface area contributed by atoms with Gasteiger partial charge in [-0.1, -0.05) is 29.8 Å². The summed E-state index contributed by atoms with van der Waals surface area (Å²) in [7, 11) is 1.80. The van der Waals surface area contributed by atoms with Crippen LogP contribution >= 0.6 is 11.6 Å². The van der Waals surface area contributed by atoms with E-state index in [2.05, 4.69) is 20.6 Å². The van der Waals surface area contributed by atoms with E-state index in [0.29, 0.717) is 18.7 Å². The molecule has 8 nitrogen and oxygen atoms in total. The van der Waals surface area contributed by atoms with Gasteiger partial charge in [-0.05, 0) is 66.6 Å². The molecule has 164 valence electrons. The molecule has 32 heavy (non-hydrogen) atoms. The minimum atomic E-state index is -0.0611. The molecule has 0 atom stereocenters. The minimum absolute atomic E-state index is 0.0611. The number of tetrazole rings is 1. The predicted octanol–water partition coefficient (Wildman–Crippen LogP) is 3.76. The Labute approximate surface area is 191 Å². The van der Waals surface area contributed by atoms with Gasteiger partial charge in [-0.15, -0.1) is 5.10 Å². The Hall–Kier alpha value is -3.52. The Morgan fingerprint density at radius 2 is 1.91 bits per heavy atom. The number of nitrogens with zero attached hydrogens (tertiary/aromatic N) is 7. The lowest BCUT2D eigenvalue weighted by atomic mass is 10.1. The van der Waals surface area contributed by atoms with Crippen LogP contribution in [-0.4, -0.2) is 47.8 Å². The molecule has 4 rings (SSSR count). The number of aryl methyl sites for hydroxylation is 2. The van der Waals surface area contributed by atoms with Crippen molar-refractivity contribution in [3.63, 3.8) is 0 Å². The molecule has 0 bridgehead atoms. The zero-order valence-corrected chi connectivity index (χ0v) is 19.2. The van der Waals surface area contributed by atoms with Crippen LogP contribution in [0.25, 0.3) is 5.69 Å². The molecule has 2 heterocycles. The Balaban J connectivity index is 1.52. The summed E-state index contributed by atoms with van der Waals surface area (Å²) in [5.74, 6) is -0.0611. The van der Waals surface area contributed by atoms with Crippen LogP contribution in [0.5, 0.6) is 0 Å². The summed E-state index contributed by atoms with van der Waals surface area (Å²) in [6, 6.07) is 13.3. The zero-order chi connectivity index (χ0) is 22.8. The summed E-state index contributed by atoms with van der Waals surface area (Å²) < 4.78 is 3.52. The quantitative estimate of drug-likeness (QED) is 0.447. The van der Waals surface area contributed by atoms with Gasteiger partial charge in [-0.3, -0.25) is 9.48 Å². The highest BCUT2D eigenvalue weighted by Crippen LogP contribution is 2.21. The summed E-state index contributed by atoms with van der Waals surface area (Å²) in [6.45, 7) is 6.97. The van der Waals surface area contributed by atoms with E-state index in [4.69, 9.17) is 11.6 Å².